The van der Waals surface area contributed by atoms with Gasteiger partial charge in [-0.3, -0.25) is 0 Å². The number of oxazole rings is 1. The van der Waals surface area contributed by atoms with Crippen LogP contribution in [0.4, 0.5) is 0 Å². The van der Waals surface area contributed by atoms with Crippen molar-refractivity contribution < 1.29 is 14.3 Å². The summed E-state index contributed by atoms with van der Waals surface area (Å²) in [5.41, 5.74) is 0.562. The van der Waals surface area contributed by atoms with Gasteiger partial charge in [0.1, 0.15) is 0 Å². The molecule has 2 unspecified atom stereocenters. The van der Waals surface area contributed by atoms with Crippen LogP contribution < -0.4 is 0 Å². The molecule has 1 aliphatic carbocycles. The van der Waals surface area contributed by atoms with E-state index in [1.807, 2.05) is 6.92 Å². The van der Waals surface area contributed by atoms with Gasteiger partial charge in [-0.15, -0.1) is 0 Å². The van der Waals surface area contributed by atoms with Crippen molar-refractivity contribution in [2.45, 2.75) is 32.6 Å². The molecule has 1 aliphatic rings. The first-order valence-corrected chi connectivity index (χ1v) is 4.86. The lowest BCUT2D eigenvalue weighted by atomic mass is 10.3. The Kier molecular flexibility index (Phi) is 2.06. The van der Waals surface area contributed by atoms with Gasteiger partial charge in [0.05, 0.1) is 5.69 Å². The summed E-state index contributed by atoms with van der Waals surface area (Å²) in [6, 6.07) is 0. The van der Waals surface area contributed by atoms with Gasteiger partial charge in [-0.1, -0.05) is 13.8 Å². The summed E-state index contributed by atoms with van der Waals surface area (Å²) in [5, 5.41) is 8.84. The van der Waals surface area contributed by atoms with Crippen LogP contribution in [0, 0.1) is 5.92 Å². The Labute approximate surface area is 81.9 Å². The van der Waals surface area contributed by atoms with E-state index >= 15 is 0 Å². The van der Waals surface area contributed by atoms with Crippen LogP contribution in [0.25, 0.3) is 0 Å². The van der Waals surface area contributed by atoms with Crippen molar-refractivity contribution in [3.63, 3.8) is 0 Å². The fourth-order valence-electron chi connectivity index (χ4n) is 1.60. The standard InChI is InChI=1S/C10H13NO3/c1-3-7-8(10(12)13)14-9(11-7)6-4-5(6)2/h5-6H,3-4H2,1-2H3,(H,12,13). The highest BCUT2D eigenvalue weighted by Gasteiger charge is 2.39. The first kappa shape index (κ1) is 9.24. The highest BCUT2D eigenvalue weighted by atomic mass is 16.4. The number of carboxylic acid groups (broad SMARTS) is 1. The quantitative estimate of drug-likeness (QED) is 0.801. The molecule has 0 aliphatic heterocycles. The lowest BCUT2D eigenvalue weighted by molar-refractivity contribution is 0.0658. The zero-order valence-electron chi connectivity index (χ0n) is 8.28. The Morgan fingerprint density at radius 1 is 1.71 bits per heavy atom. The van der Waals surface area contributed by atoms with E-state index in [9.17, 15) is 4.79 Å². The number of aromatic carboxylic acids is 1. The molecule has 0 radical (unpaired) electrons. The van der Waals surface area contributed by atoms with Crippen molar-refractivity contribution >= 4 is 5.97 Å². The average Bonchev–Trinajstić information content (AvgIpc) is 2.72. The average molecular weight is 195 g/mol. The summed E-state index contributed by atoms with van der Waals surface area (Å²) in [6.07, 6.45) is 1.66. The Hall–Kier alpha value is -1.32. The predicted octanol–water partition coefficient (Wildman–Crippen LogP) is 2.06. The van der Waals surface area contributed by atoms with E-state index in [1.165, 1.54) is 0 Å². The molecule has 4 heteroatoms. The zero-order chi connectivity index (χ0) is 10.3. The van der Waals surface area contributed by atoms with E-state index in [-0.39, 0.29) is 5.76 Å². The molecule has 0 aromatic carbocycles. The molecule has 14 heavy (non-hydrogen) atoms. The number of hydrogen-bond donors (Lipinski definition) is 1. The number of aryl methyl sites for hydroxylation is 1. The number of rotatable bonds is 3. The molecule has 0 bridgehead atoms. The Bertz CT molecular complexity index is 369. The minimum atomic E-state index is -1.02. The summed E-state index contributed by atoms with van der Waals surface area (Å²) >= 11 is 0. The van der Waals surface area contributed by atoms with Crippen LogP contribution in [0.1, 0.15) is 48.3 Å². The van der Waals surface area contributed by atoms with Crippen molar-refractivity contribution in [3.8, 4) is 0 Å². The van der Waals surface area contributed by atoms with Gasteiger partial charge in [-0.05, 0) is 18.8 Å². The van der Waals surface area contributed by atoms with Crippen LogP contribution >= 0.6 is 0 Å². The second-order valence-corrected chi connectivity index (χ2v) is 3.81. The van der Waals surface area contributed by atoms with Crippen molar-refractivity contribution in [1.82, 2.24) is 4.98 Å². The molecule has 76 valence electrons. The van der Waals surface area contributed by atoms with Crippen molar-refractivity contribution in [3.05, 3.63) is 17.3 Å². The Morgan fingerprint density at radius 3 is 2.71 bits per heavy atom. The van der Waals surface area contributed by atoms with Crippen molar-refractivity contribution in [1.29, 1.82) is 0 Å². The summed E-state index contributed by atoms with van der Waals surface area (Å²) in [6.45, 7) is 3.99. The lowest BCUT2D eigenvalue weighted by Gasteiger charge is -1.88. The normalized spacial score (nSPS) is 25.0. The summed E-state index contributed by atoms with van der Waals surface area (Å²) in [5.74, 6) is 0.524. The van der Waals surface area contributed by atoms with E-state index in [2.05, 4.69) is 11.9 Å². The molecule has 0 saturated heterocycles. The number of nitrogens with zero attached hydrogens (tertiary/aromatic N) is 1. The smallest absolute Gasteiger partial charge is 0.373 e. The van der Waals surface area contributed by atoms with Crippen LogP contribution in [0.2, 0.25) is 0 Å². The van der Waals surface area contributed by atoms with Crippen LogP contribution in [-0.2, 0) is 6.42 Å². The molecule has 1 saturated carbocycles. The van der Waals surface area contributed by atoms with Gasteiger partial charge in [0.25, 0.3) is 0 Å². The first-order valence-electron chi connectivity index (χ1n) is 4.86. The molecule has 0 amide bonds. The van der Waals surface area contributed by atoms with Gasteiger partial charge >= 0.3 is 5.97 Å². The topological polar surface area (TPSA) is 63.3 Å². The second-order valence-electron chi connectivity index (χ2n) is 3.81. The maximum atomic E-state index is 10.8. The molecule has 1 N–H and O–H groups in total. The van der Waals surface area contributed by atoms with Crippen LogP contribution in [-0.4, -0.2) is 16.1 Å². The van der Waals surface area contributed by atoms with Gasteiger partial charge in [0.15, 0.2) is 5.89 Å². The van der Waals surface area contributed by atoms with E-state index in [0.29, 0.717) is 29.8 Å². The van der Waals surface area contributed by atoms with E-state index < -0.39 is 5.97 Å². The molecule has 1 heterocycles. The molecule has 1 fully saturated rings. The minimum absolute atomic E-state index is 0.0154. The number of carboxylic acids is 1. The van der Waals surface area contributed by atoms with Gasteiger partial charge in [-0.25, -0.2) is 9.78 Å². The van der Waals surface area contributed by atoms with Crippen LogP contribution in [0.15, 0.2) is 4.42 Å². The van der Waals surface area contributed by atoms with Crippen molar-refractivity contribution in [2.75, 3.05) is 0 Å². The predicted molar refractivity (Wildman–Crippen MR) is 49.4 cm³/mol. The van der Waals surface area contributed by atoms with Gasteiger partial charge in [-0.2, -0.15) is 0 Å². The largest absolute Gasteiger partial charge is 0.475 e. The van der Waals surface area contributed by atoms with E-state index in [0.717, 1.165) is 6.42 Å². The third kappa shape index (κ3) is 1.41. The molecule has 1 aromatic heterocycles. The fourth-order valence-corrected chi connectivity index (χ4v) is 1.60. The number of aromatic nitrogens is 1. The summed E-state index contributed by atoms with van der Waals surface area (Å²) in [4.78, 5) is 15.0. The molecule has 4 nitrogen and oxygen atoms in total. The van der Waals surface area contributed by atoms with Gasteiger partial charge in [0.2, 0.25) is 5.76 Å². The lowest BCUT2D eigenvalue weighted by Crippen LogP contribution is -1.98. The molecule has 2 atom stereocenters. The summed E-state index contributed by atoms with van der Waals surface area (Å²) in [7, 11) is 0. The first-order chi connectivity index (χ1) is 6.63. The fraction of sp³-hybridized carbons (Fsp3) is 0.600. The molecular weight excluding hydrogens is 182 g/mol. The Morgan fingerprint density at radius 2 is 2.36 bits per heavy atom. The van der Waals surface area contributed by atoms with Crippen LogP contribution in [0.5, 0.6) is 0 Å². The van der Waals surface area contributed by atoms with Crippen molar-refractivity contribution in [2.24, 2.45) is 5.92 Å². The van der Waals surface area contributed by atoms with Crippen LogP contribution in [0.3, 0.4) is 0 Å². The number of hydrogen-bond acceptors (Lipinski definition) is 3. The zero-order valence-corrected chi connectivity index (χ0v) is 8.28. The third-order valence-electron chi connectivity index (χ3n) is 2.67. The molecule has 1 aromatic rings. The van der Waals surface area contributed by atoms with E-state index in [1.54, 1.807) is 0 Å². The maximum Gasteiger partial charge on any atom is 0.373 e. The minimum Gasteiger partial charge on any atom is -0.475 e. The molecule has 0 spiro atoms. The number of carbonyl (C=O) groups is 1. The Balaban J connectivity index is 2.31. The SMILES string of the molecule is CCc1nc(C2CC2C)oc1C(=O)O. The van der Waals surface area contributed by atoms with E-state index in [4.69, 9.17) is 9.52 Å². The molecular formula is C10H13NO3. The maximum absolute atomic E-state index is 10.8. The summed E-state index contributed by atoms with van der Waals surface area (Å²) < 4.78 is 5.25. The van der Waals surface area contributed by atoms with Gasteiger partial charge < -0.3 is 9.52 Å². The third-order valence-corrected chi connectivity index (χ3v) is 2.67. The second kappa shape index (κ2) is 3.12. The highest BCUT2D eigenvalue weighted by Crippen LogP contribution is 2.46. The monoisotopic (exact) mass is 195 g/mol. The van der Waals surface area contributed by atoms with Gasteiger partial charge in [0, 0.05) is 5.92 Å². The molecule has 2 rings (SSSR count). The highest BCUT2D eigenvalue weighted by molar-refractivity contribution is 5.85.